The molecule has 8 nitrogen and oxygen atoms in total. The lowest BCUT2D eigenvalue weighted by molar-refractivity contribution is -0.0566. The Labute approximate surface area is 223 Å². The van der Waals surface area contributed by atoms with Gasteiger partial charge in [0, 0.05) is 0 Å². The van der Waals surface area contributed by atoms with Gasteiger partial charge in [-0.1, -0.05) is 46.3 Å². The van der Waals surface area contributed by atoms with E-state index in [9.17, 15) is 21.4 Å². The molecule has 0 aliphatic heterocycles. The molecule has 37 heavy (non-hydrogen) atoms. The molecular formula is C27H46O8S2. The average molecular weight is 563 g/mol. The van der Waals surface area contributed by atoms with E-state index in [1.165, 1.54) is 31.3 Å². The Morgan fingerprint density at radius 2 is 1.65 bits per heavy atom. The molecule has 10 heteroatoms. The fraction of sp³-hybridized carbons (Fsp3) is 0.926. The second kappa shape index (κ2) is 10.5. The second-order valence-corrected chi connectivity index (χ2v) is 15.3. The van der Waals surface area contributed by atoms with Crippen LogP contribution in [0.5, 0.6) is 0 Å². The zero-order chi connectivity index (χ0) is 27.4. The van der Waals surface area contributed by atoms with E-state index < -0.39 is 33.0 Å². The summed E-state index contributed by atoms with van der Waals surface area (Å²) >= 11 is 0. The van der Waals surface area contributed by atoms with Gasteiger partial charge in [-0.2, -0.15) is 16.8 Å². The van der Waals surface area contributed by atoms with Crippen LogP contribution in [0.1, 0.15) is 98.8 Å². The molecule has 0 spiro atoms. The molecule has 0 aromatic rings. The standard InChI is InChI=1S/C27H46O8S2/c1-17(2)25(35-37(31,32)33)11-6-18(3)22-9-10-23-21-8-7-19-16-20(34-36(28,29)30)12-14-26(19,4)24(21)13-15-27(22,23)5/h7,17-18,20-25H,6,8-16H2,1-5H3,(H,28,29,30)(H,31,32,33)/t18-,20+,21+,22?,23+,24+,25?,26+,27-/m1/s1. The van der Waals surface area contributed by atoms with Crippen molar-refractivity contribution in [3.63, 3.8) is 0 Å². The molecule has 9 atom stereocenters. The molecule has 4 aliphatic carbocycles. The van der Waals surface area contributed by atoms with Crippen LogP contribution in [0, 0.1) is 46.3 Å². The summed E-state index contributed by atoms with van der Waals surface area (Å²) in [6.07, 6.45) is 10.7. The lowest BCUT2D eigenvalue weighted by Crippen LogP contribution is -2.51. The van der Waals surface area contributed by atoms with E-state index in [1.807, 2.05) is 13.8 Å². The van der Waals surface area contributed by atoms with Gasteiger partial charge in [-0.3, -0.25) is 9.11 Å². The van der Waals surface area contributed by atoms with Crippen LogP contribution in [-0.2, 0) is 29.2 Å². The van der Waals surface area contributed by atoms with E-state index in [1.54, 1.807) is 0 Å². The molecule has 0 aromatic heterocycles. The van der Waals surface area contributed by atoms with Crippen LogP contribution >= 0.6 is 0 Å². The van der Waals surface area contributed by atoms with Gasteiger partial charge in [0.2, 0.25) is 0 Å². The molecule has 4 aliphatic rings. The fourth-order valence-electron chi connectivity index (χ4n) is 9.13. The maximum atomic E-state index is 11.3. The highest BCUT2D eigenvalue weighted by Gasteiger charge is 2.59. The molecule has 3 fully saturated rings. The summed E-state index contributed by atoms with van der Waals surface area (Å²) < 4.78 is 73.4. The lowest BCUT2D eigenvalue weighted by atomic mass is 9.47. The monoisotopic (exact) mass is 562 g/mol. The van der Waals surface area contributed by atoms with E-state index >= 15 is 0 Å². The third-order valence-corrected chi connectivity index (χ3v) is 12.0. The maximum Gasteiger partial charge on any atom is 0.397 e. The molecule has 214 valence electrons. The first kappa shape index (κ1) is 29.5. The Kier molecular flexibility index (Phi) is 8.34. The van der Waals surface area contributed by atoms with E-state index in [0.717, 1.165) is 19.3 Å². The van der Waals surface area contributed by atoms with E-state index in [0.29, 0.717) is 48.9 Å². The summed E-state index contributed by atoms with van der Waals surface area (Å²) in [6.45, 7) is 11.0. The van der Waals surface area contributed by atoms with Crippen molar-refractivity contribution in [2.24, 2.45) is 46.3 Å². The number of rotatable bonds is 9. The van der Waals surface area contributed by atoms with Crippen LogP contribution < -0.4 is 0 Å². The molecule has 0 saturated heterocycles. The van der Waals surface area contributed by atoms with Crippen LogP contribution in [0.25, 0.3) is 0 Å². The van der Waals surface area contributed by atoms with Crippen molar-refractivity contribution < 1.29 is 34.3 Å². The highest BCUT2D eigenvalue weighted by atomic mass is 32.3. The van der Waals surface area contributed by atoms with Crippen molar-refractivity contribution >= 4 is 20.8 Å². The Morgan fingerprint density at radius 3 is 2.27 bits per heavy atom. The molecular weight excluding hydrogens is 516 g/mol. The minimum atomic E-state index is -4.46. The molecule has 0 bridgehead atoms. The molecule has 2 N–H and O–H groups in total. The molecule has 3 saturated carbocycles. The van der Waals surface area contributed by atoms with Gasteiger partial charge in [0.15, 0.2) is 0 Å². The number of hydrogen-bond acceptors (Lipinski definition) is 6. The topological polar surface area (TPSA) is 127 Å². The van der Waals surface area contributed by atoms with Crippen LogP contribution in [0.3, 0.4) is 0 Å². The SMILES string of the molecule is CC(C)C(CC[C@@H](C)C1CC[C@H]2[C@@H]3CC=C4C[C@@H](OS(=O)(=O)O)CC[C@]4(C)[C@H]3CC[C@]12C)OS(=O)(=O)O. The maximum absolute atomic E-state index is 11.3. The van der Waals surface area contributed by atoms with Crippen molar-refractivity contribution in [3.8, 4) is 0 Å². The van der Waals surface area contributed by atoms with Crippen molar-refractivity contribution in [2.45, 2.75) is 111 Å². The van der Waals surface area contributed by atoms with Crippen LogP contribution in [-0.4, -0.2) is 38.1 Å². The Bertz CT molecular complexity index is 1080. The smallest absolute Gasteiger partial charge is 0.264 e. The summed E-state index contributed by atoms with van der Waals surface area (Å²) in [5.74, 6) is 2.87. The Morgan fingerprint density at radius 1 is 0.946 bits per heavy atom. The van der Waals surface area contributed by atoms with Crippen LogP contribution in [0.4, 0.5) is 0 Å². The average Bonchev–Trinajstić information content (AvgIpc) is 3.12. The Hall–Kier alpha value is -0.520. The highest BCUT2D eigenvalue weighted by Crippen LogP contribution is 2.67. The van der Waals surface area contributed by atoms with E-state index in [4.69, 9.17) is 12.9 Å². The molecule has 0 heterocycles. The predicted molar refractivity (Wildman–Crippen MR) is 141 cm³/mol. The number of hydrogen-bond donors (Lipinski definition) is 2. The molecule has 2 unspecified atom stereocenters. The first-order valence-corrected chi connectivity index (χ1v) is 16.8. The van der Waals surface area contributed by atoms with Gasteiger partial charge < -0.3 is 0 Å². The van der Waals surface area contributed by atoms with Crippen molar-refractivity contribution in [1.29, 1.82) is 0 Å². The second-order valence-electron chi connectivity index (χ2n) is 13.2. The largest absolute Gasteiger partial charge is 0.397 e. The van der Waals surface area contributed by atoms with Gasteiger partial charge in [0.05, 0.1) is 12.2 Å². The molecule has 0 radical (unpaired) electrons. The van der Waals surface area contributed by atoms with Crippen molar-refractivity contribution in [1.82, 2.24) is 0 Å². The summed E-state index contributed by atoms with van der Waals surface area (Å²) in [5.41, 5.74) is 1.62. The van der Waals surface area contributed by atoms with Gasteiger partial charge in [-0.25, -0.2) is 8.37 Å². The van der Waals surface area contributed by atoms with E-state index in [-0.39, 0.29) is 16.7 Å². The molecule has 0 aromatic carbocycles. The first-order valence-electron chi connectivity index (χ1n) is 14.0. The highest BCUT2D eigenvalue weighted by molar-refractivity contribution is 7.81. The fourth-order valence-corrected chi connectivity index (χ4v) is 10.3. The lowest BCUT2D eigenvalue weighted by Gasteiger charge is -2.58. The van der Waals surface area contributed by atoms with Crippen LogP contribution in [0.15, 0.2) is 11.6 Å². The molecule has 4 rings (SSSR count). The van der Waals surface area contributed by atoms with Crippen molar-refractivity contribution in [2.75, 3.05) is 0 Å². The molecule has 0 amide bonds. The van der Waals surface area contributed by atoms with Gasteiger partial charge in [-0.05, 0) is 111 Å². The zero-order valence-corrected chi connectivity index (χ0v) is 24.6. The summed E-state index contributed by atoms with van der Waals surface area (Å²) in [7, 11) is -8.90. The van der Waals surface area contributed by atoms with Crippen LogP contribution in [0.2, 0.25) is 0 Å². The third-order valence-electron chi connectivity index (χ3n) is 11.0. The minimum Gasteiger partial charge on any atom is -0.264 e. The van der Waals surface area contributed by atoms with Gasteiger partial charge in [-0.15, -0.1) is 0 Å². The number of allylic oxidation sites excluding steroid dienone is 1. The normalized spacial score (nSPS) is 39.9. The Balaban J connectivity index is 1.44. The van der Waals surface area contributed by atoms with Crippen molar-refractivity contribution in [3.05, 3.63) is 11.6 Å². The summed E-state index contributed by atoms with van der Waals surface area (Å²) in [5, 5.41) is 0. The van der Waals surface area contributed by atoms with Gasteiger partial charge >= 0.3 is 20.8 Å². The summed E-state index contributed by atoms with van der Waals surface area (Å²) in [4.78, 5) is 0. The van der Waals surface area contributed by atoms with Gasteiger partial charge in [0.25, 0.3) is 0 Å². The summed E-state index contributed by atoms with van der Waals surface area (Å²) in [6, 6.07) is 0. The quantitative estimate of drug-likeness (QED) is 0.258. The zero-order valence-electron chi connectivity index (χ0n) is 22.9. The van der Waals surface area contributed by atoms with E-state index in [2.05, 4.69) is 26.8 Å². The minimum absolute atomic E-state index is 0.00146. The first-order chi connectivity index (χ1) is 17.0. The van der Waals surface area contributed by atoms with Gasteiger partial charge in [0.1, 0.15) is 0 Å². The third kappa shape index (κ3) is 6.14. The predicted octanol–water partition coefficient (Wildman–Crippen LogP) is 6.01. The number of fused-ring (bicyclic) bond motifs is 5.